The van der Waals surface area contributed by atoms with Crippen LogP contribution in [0.1, 0.15) is 0 Å². The van der Waals surface area contributed by atoms with E-state index in [2.05, 4.69) is 15.3 Å². The van der Waals surface area contributed by atoms with E-state index in [-0.39, 0.29) is 10.7 Å². The number of nitrogens with zero attached hydrogens (tertiary/aromatic N) is 5. The maximum Gasteiger partial charge on any atom is 0.270 e. The van der Waals surface area contributed by atoms with Crippen LogP contribution in [0, 0.1) is 10.1 Å². The van der Waals surface area contributed by atoms with E-state index in [1.807, 2.05) is 30.3 Å². The van der Waals surface area contributed by atoms with Crippen molar-refractivity contribution in [1.29, 1.82) is 0 Å². The van der Waals surface area contributed by atoms with Crippen molar-refractivity contribution in [2.45, 2.75) is 0 Å². The number of aromatic nitrogens is 4. The SMILES string of the molecule is O=[N+]([O-])c1ccc(-c2ccc(-c3nn4c(-c5ccccc5)nnc4s3)o2)c(Cl)c1. The van der Waals surface area contributed by atoms with Crippen molar-refractivity contribution in [3.63, 3.8) is 0 Å². The van der Waals surface area contributed by atoms with Crippen LogP contribution in [-0.4, -0.2) is 24.7 Å². The Balaban J connectivity index is 1.52. The zero-order valence-electron chi connectivity index (χ0n) is 14.5. The summed E-state index contributed by atoms with van der Waals surface area (Å²) in [7, 11) is 0. The van der Waals surface area contributed by atoms with E-state index >= 15 is 0 Å². The van der Waals surface area contributed by atoms with Gasteiger partial charge in [-0.15, -0.1) is 15.3 Å². The Morgan fingerprint density at radius 3 is 2.59 bits per heavy atom. The smallest absolute Gasteiger partial charge is 0.270 e. The summed E-state index contributed by atoms with van der Waals surface area (Å²) in [6, 6.07) is 17.5. The Bertz CT molecular complexity index is 1360. The first-order chi connectivity index (χ1) is 14.1. The van der Waals surface area contributed by atoms with Crippen LogP contribution in [-0.2, 0) is 0 Å². The van der Waals surface area contributed by atoms with Gasteiger partial charge in [0.2, 0.25) is 4.96 Å². The van der Waals surface area contributed by atoms with Crippen molar-refractivity contribution < 1.29 is 9.34 Å². The van der Waals surface area contributed by atoms with Crippen LogP contribution < -0.4 is 0 Å². The molecule has 0 atom stereocenters. The molecule has 0 aliphatic heterocycles. The van der Waals surface area contributed by atoms with Crippen molar-refractivity contribution in [3.05, 3.63) is 75.8 Å². The molecule has 142 valence electrons. The van der Waals surface area contributed by atoms with Crippen LogP contribution in [0.15, 0.2) is 65.1 Å². The molecule has 0 aliphatic carbocycles. The lowest BCUT2D eigenvalue weighted by Gasteiger charge is -2.00. The monoisotopic (exact) mass is 423 g/mol. The summed E-state index contributed by atoms with van der Waals surface area (Å²) in [5, 5.41) is 24.7. The lowest BCUT2D eigenvalue weighted by Crippen LogP contribution is -1.90. The number of fused-ring (bicyclic) bond motifs is 1. The number of nitro groups is 1. The fourth-order valence-electron chi connectivity index (χ4n) is 2.90. The molecule has 3 aromatic heterocycles. The molecule has 0 fully saturated rings. The van der Waals surface area contributed by atoms with Crippen molar-refractivity contribution in [3.8, 4) is 33.5 Å². The number of hydrogen-bond acceptors (Lipinski definition) is 7. The van der Waals surface area contributed by atoms with Gasteiger partial charge in [-0.1, -0.05) is 53.3 Å². The summed E-state index contributed by atoms with van der Waals surface area (Å²) in [4.78, 5) is 11.0. The fraction of sp³-hybridized carbons (Fsp3) is 0. The molecule has 0 N–H and O–H groups in total. The number of rotatable bonds is 4. The highest BCUT2D eigenvalue weighted by molar-refractivity contribution is 7.19. The average Bonchev–Trinajstić information content (AvgIpc) is 3.43. The van der Waals surface area contributed by atoms with E-state index in [1.165, 1.54) is 23.5 Å². The average molecular weight is 424 g/mol. The van der Waals surface area contributed by atoms with Gasteiger partial charge in [-0.2, -0.15) is 4.52 Å². The summed E-state index contributed by atoms with van der Waals surface area (Å²) in [5.74, 6) is 1.69. The number of halogens is 1. The minimum atomic E-state index is -0.493. The second-order valence-electron chi connectivity index (χ2n) is 6.08. The normalized spacial score (nSPS) is 11.2. The molecule has 8 nitrogen and oxygen atoms in total. The highest BCUT2D eigenvalue weighted by atomic mass is 35.5. The molecule has 3 heterocycles. The Hall–Kier alpha value is -3.56. The van der Waals surface area contributed by atoms with Gasteiger partial charge >= 0.3 is 0 Å². The van der Waals surface area contributed by atoms with Gasteiger partial charge in [-0.3, -0.25) is 10.1 Å². The largest absolute Gasteiger partial charge is 0.453 e. The summed E-state index contributed by atoms with van der Waals surface area (Å²) >= 11 is 7.55. The molecule has 2 aromatic carbocycles. The van der Waals surface area contributed by atoms with Gasteiger partial charge in [0.25, 0.3) is 5.69 Å². The molecular formula is C19H10ClN5O3S. The summed E-state index contributed by atoms with van der Waals surface area (Å²) in [6.45, 7) is 0. The van der Waals surface area contributed by atoms with Gasteiger partial charge in [-0.05, 0) is 18.2 Å². The number of hydrogen-bond donors (Lipinski definition) is 0. The zero-order valence-corrected chi connectivity index (χ0v) is 16.1. The molecule has 0 saturated carbocycles. The van der Waals surface area contributed by atoms with Crippen molar-refractivity contribution in [2.24, 2.45) is 0 Å². The molecule has 10 heteroatoms. The molecule has 5 rings (SSSR count). The van der Waals surface area contributed by atoms with Crippen molar-refractivity contribution in [1.82, 2.24) is 19.8 Å². The quantitative estimate of drug-likeness (QED) is 0.285. The first-order valence-electron chi connectivity index (χ1n) is 8.42. The van der Waals surface area contributed by atoms with E-state index in [0.717, 1.165) is 5.56 Å². The van der Waals surface area contributed by atoms with Gasteiger partial charge in [-0.25, -0.2) is 0 Å². The van der Waals surface area contributed by atoms with E-state index < -0.39 is 4.92 Å². The third-order valence-electron chi connectivity index (χ3n) is 4.27. The van der Waals surface area contributed by atoms with E-state index in [1.54, 1.807) is 22.7 Å². The highest BCUT2D eigenvalue weighted by Gasteiger charge is 2.18. The number of nitro benzene ring substituents is 1. The first kappa shape index (κ1) is 17.5. The molecule has 0 bridgehead atoms. The fourth-order valence-corrected chi connectivity index (χ4v) is 3.97. The van der Waals surface area contributed by atoms with Gasteiger partial charge < -0.3 is 4.42 Å². The molecule has 0 spiro atoms. The second-order valence-corrected chi connectivity index (χ2v) is 7.44. The number of non-ortho nitro benzene ring substituents is 1. The van der Waals surface area contributed by atoms with Crippen LogP contribution >= 0.6 is 22.9 Å². The van der Waals surface area contributed by atoms with Crippen molar-refractivity contribution >= 4 is 33.6 Å². The Morgan fingerprint density at radius 2 is 1.83 bits per heavy atom. The van der Waals surface area contributed by atoms with Crippen LogP contribution in [0.4, 0.5) is 5.69 Å². The third-order valence-corrected chi connectivity index (χ3v) is 5.49. The molecule has 0 radical (unpaired) electrons. The minimum absolute atomic E-state index is 0.0763. The number of furan rings is 1. The Morgan fingerprint density at radius 1 is 1.03 bits per heavy atom. The third kappa shape index (κ3) is 3.06. The highest BCUT2D eigenvalue weighted by Crippen LogP contribution is 2.36. The van der Waals surface area contributed by atoms with E-state index in [0.29, 0.717) is 32.9 Å². The molecule has 5 aromatic rings. The van der Waals surface area contributed by atoms with Crippen molar-refractivity contribution in [2.75, 3.05) is 0 Å². The predicted octanol–water partition coefficient (Wildman–Crippen LogP) is 5.34. The second kappa shape index (κ2) is 6.80. The predicted molar refractivity (Wildman–Crippen MR) is 109 cm³/mol. The van der Waals surface area contributed by atoms with Gasteiger partial charge in [0.05, 0.1) is 9.95 Å². The standard InChI is InChI=1S/C19H10ClN5O3S/c20-14-10-12(25(26)27)6-7-13(14)15-8-9-16(28-15)18-23-24-17(21-22-19(24)29-18)11-4-2-1-3-5-11/h1-10H. The van der Waals surface area contributed by atoms with Crippen LogP contribution in [0.3, 0.4) is 0 Å². The summed E-state index contributed by atoms with van der Waals surface area (Å²) in [5.41, 5.74) is 1.40. The summed E-state index contributed by atoms with van der Waals surface area (Å²) < 4.78 is 7.59. The molecule has 29 heavy (non-hydrogen) atoms. The lowest BCUT2D eigenvalue weighted by atomic mass is 10.1. The molecular weight excluding hydrogens is 414 g/mol. The van der Waals surface area contributed by atoms with Gasteiger partial charge in [0.15, 0.2) is 16.6 Å². The first-order valence-corrected chi connectivity index (χ1v) is 9.62. The van der Waals surface area contributed by atoms with Crippen LogP contribution in [0.2, 0.25) is 5.02 Å². The van der Waals surface area contributed by atoms with Crippen LogP contribution in [0.5, 0.6) is 0 Å². The van der Waals surface area contributed by atoms with E-state index in [9.17, 15) is 10.1 Å². The number of benzene rings is 2. The molecule has 0 saturated heterocycles. The van der Waals surface area contributed by atoms with Gasteiger partial charge in [0, 0.05) is 23.3 Å². The summed E-state index contributed by atoms with van der Waals surface area (Å²) in [6.07, 6.45) is 0. The lowest BCUT2D eigenvalue weighted by molar-refractivity contribution is -0.384. The molecule has 0 amide bonds. The molecule has 0 unspecified atom stereocenters. The molecule has 0 aliphatic rings. The maximum absolute atomic E-state index is 10.9. The topological polar surface area (TPSA) is 99.4 Å². The van der Waals surface area contributed by atoms with E-state index in [4.69, 9.17) is 16.0 Å². The maximum atomic E-state index is 10.9. The Labute approximate surface area is 172 Å². The minimum Gasteiger partial charge on any atom is -0.453 e. The van der Waals surface area contributed by atoms with Gasteiger partial charge in [0.1, 0.15) is 5.76 Å². The Kier molecular flexibility index (Phi) is 4.11. The van der Waals surface area contributed by atoms with Crippen LogP contribution in [0.25, 0.3) is 38.4 Å². The zero-order chi connectivity index (χ0) is 20.0.